The van der Waals surface area contributed by atoms with Crippen LogP contribution in [0.15, 0.2) is 47.0 Å². The summed E-state index contributed by atoms with van der Waals surface area (Å²) in [7, 11) is 0. The third-order valence-corrected chi connectivity index (χ3v) is 6.18. The monoisotopic (exact) mass is 572 g/mol. The summed E-state index contributed by atoms with van der Waals surface area (Å²) in [6.45, 7) is 0.714. The van der Waals surface area contributed by atoms with Crippen molar-refractivity contribution in [2.75, 3.05) is 13.2 Å². The zero-order valence-electron chi connectivity index (χ0n) is 20.1. The van der Waals surface area contributed by atoms with Crippen LogP contribution in [0.4, 0.5) is 13.2 Å². The lowest BCUT2D eigenvalue weighted by molar-refractivity contribution is -0.174. The molecule has 0 radical (unpaired) electrons. The Morgan fingerprint density at radius 3 is 2.42 bits per heavy atom. The van der Waals surface area contributed by atoms with Crippen molar-refractivity contribution in [1.82, 2.24) is 15.5 Å². The van der Waals surface area contributed by atoms with E-state index in [2.05, 4.69) is 10.1 Å². The first-order valence-electron chi connectivity index (χ1n) is 11.7. The molecule has 8 nitrogen and oxygen atoms in total. The SMILES string of the molecule is NCCCCC(NC(=O)C(F)(F)F)C(=O)c1noc(Cc2ccc(OCCc3ccc(Cl)c(Cl)c3)cc2)n1. The van der Waals surface area contributed by atoms with E-state index >= 15 is 0 Å². The summed E-state index contributed by atoms with van der Waals surface area (Å²) in [5.41, 5.74) is 7.16. The van der Waals surface area contributed by atoms with Crippen molar-refractivity contribution < 1.29 is 32.0 Å². The highest BCUT2D eigenvalue weighted by Crippen LogP contribution is 2.23. The molecule has 0 aliphatic heterocycles. The van der Waals surface area contributed by atoms with Gasteiger partial charge in [0.2, 0.25) is 17.5 Å². The molecule has 38 heavy (non-hydrogen) atoms. The van der Waals surface area contributed by atoms with E-state index in [-0.39, 0.29) is 18.7 Å². The molecular formula is C25H25Cl2F3N4O4. The van der Waals surface area contributed by atoms with E-state index in [1.807, 2.05) is 6.07 Å². The minimum absolute atomic E-state index is 0.0474. The second-order valence-electron chi connectivity index (χ2n) is 8.35. The number of hydrogen-bond acceptors (Lipinski definition) is 7. The highest BCUT2D eigenvalue weighted by Gasteiger charge is 2.41. The van der Waals surface area contributed by atoms with E-state index < -0.39 is 29.7 Å². The number of Topliss-reactive ketones (excluding diaryl/α,β-unsaturated/α-hetero) is 1. The average molecular weight is 573 g/mol. The van der Waals surface area contributed by atoms with Gasteiger partial charge in [-0.15, -0.1) is 0 Å². The number of rotatable bonds is 13. The molecule has 3 N–H and O–H groups in total. The van der Waals surface area contributed by atoms with Gasteiger partial charge < -0.3 is 20.3 Å². The molecule has 1 aromatic heterocycles. The number of ether oxygens (including phenoxy) is 1. The van der Waals surface area contributed by atoms with Crippen molar-refractivity contribution in [3.8, 4) is 5.75 Å². The molecule has 0 saturated carbocycles. The fourth-order valence-electron chi connectivity index (χ4n) is 3.44. The molecule has 0 aliphatic rings. The lowest BCUT2D eigenvalue weighted by Gasteiger charge is -2.17. The molecule has 1 unspecified atom stereocenters. The van der Waals surface area contributed by atoms with Gasteiger partial charge in [0.1, 0.15) is 5.75 Å². The van der Waals surface area contributed by atoms with E-state index in [4.69, 9.17) is 38.2 Å². The van der Waals surface area contributed by atoms with E-state index in [1.165, 1.54) is 0 Å². The normalized spacial score (nSPS) is 12.3. The molecule has 0 saturated heterocycles. The number of nitrogens with zero attached hydrogens (tertiary/aromatic N) is 2. The first-order chi connectivity index (χ1) is 18.1. The zero-order chi connectivity index (χ0) is 27.7. The Morgan fingerprint density at radius 1 is 1.05 bits per heavy atom. The summed E-state index contributed by atoms with van der Waals surface area (Å²) in [5.74, 6) is -2.78. The molecule has 204 valence electrons. The minimum Gasteiger partial charge on any atom is -0.493 e. The Hall–Kier alpha value is -3.15. The summed E-state index contributed by atoms with van der Waals surface area (Å²) < 4.78 is 49.0. The van der Waals surface area contributed by atoms with Gasteiger partial charge in [-0.1, -0.05) is 46.6 Å². The van der Waals surface area contributed by atoms with E-state index in [0.29, 0.717) is 48.2 Å². The number of nitrogens with one attached hydrogen (secondary N) is 1. The van der Waals surface area contributed by atoms with Crippen LogP contribution in [0.3, 0.4) is 0 Å². The van der Waals surface area contributed by atoms with Crippen LogP contribution < -0.4 is 15.8 Å². The second-order valence-corrected chi connectivity index (χ2v) is 9.17. The van der Waals surface area contributed by atoms with Crippen LogP contribution in [0.25, 0.3) is 0 Å². The topological polar surface area (TPSA) is 120 Å². The fraction of sp³-hybridized carbons (Fsp3) is 0.360. The fourth-order valence-corrected chi connectivity index (χ4v) is 3.76. The zero-order valence-corrected chi connectivity index (χ0v) is 21.6. The number of unbranched alkanes of at least 4 members (excludes halogenated alkanes) is 1. The summed E-state index contributed by atoms with van der Waals surface area (Å²) >= 11 is 11.9. The average Bonchev–Trinajstić information content (AvgIpc) is 3.34. The van der Waals surface area contributed by atoms with Crippen LogP contribution in [-0.2, 0) is 17.6 Å². The van der Waals surface area contributed by atoms with Crippen LogP contribution in [0.1, 0.15) is 46.9 Å². The first-order valence-corrected chi connectivity index (χ1v) is 12.4. The number of ketones is 1. The summed E-state index contributed by atoms with van der Waals surface area (Å²) in [6.07, 6.45) is -3.57. The Morgan fingerprint density at radius 2 is 1.76 bits per heavy atom. The number of alkyl halides is 3. The predicted octanol–water partition coefficient (Wildman–Crippen LogP) is 4.95. The van der Waals surface area contributed by atoms with Crippen LogP contribution in [-0.4, -0.2) is 47.2 Å². The van der Waals surface area contributed by atoms with Gasteiger partial charge in [-0.05, 0) is 61.2 Å². The molecule has 3 aromatic rings. The van der Waals surface area contributed by atoms with Gasteiger partial charge in [-0.3, -0.25) is 9.59 Å². The van der Waals surface area contributed by atoms with Crippen molar-refractivity contribution in [3.63, 3.8) is 0 Å². The number of aromatic nitrogens is 2. The van der Waals surface area contributed by atoms with Crippen molar-refractivity contribution in [3.05, 3.63) is 75.4 Å². The highest BCUT2D eigenvalue weighted by molar-refractivity contribution is 6.42. The molecule has 0 bridgehead atoms. The number of benzene rings is 2. The van der Waals surface area contributed by atoms with Crippen LogP contribution in [0.5, 0.6) is 5.75 Å². The van der Waals surface area contributed by atoms with E-state index in [1.54, 1.807) is 41.7 Å². The van der Waals surface area contributed by atoms with Crippen LogP contribution >= 0.6 is 23.2 Å². The summed E-state index contributed by atoms with van der Waals surface area (Å²) in [5, 5.41) is 6.27. The Labute approximate surface area is 226 Å². The van der Waals surface area contributed by atoms with Gasteiger partial charge in [0, 0.05) is 6.42 Å². The Balaban J connectivity index is 1.56. The smallest absolute Gasteiger partial charge is 0.471 e. The third kappa shape index (κ3) is 8.71. The highest BCUT2D eigenvalue weighted by atomic mass is 35.5. The molecule has 0 aliphatic carbocycles. The molecular weight excluding hydrogens is 548 g/mol. The molecule has 0 fully saturated rings. The number of amides is 1. The number of hydrogen-bond donors (Lipinski definition) is 2. The summed E-state index contributed by atoms with van der Waals surface area (Å²) in [6, 6.07) is 11.0. The first kappa shape index (κ1) is 29.4. The maximum atomic E-state index is 12.7. The summed E-state index contributed by atoms with van der Waals surface area (Å²) in [4.78, 5) is 28.1. The van der Waals surface area contributed by atoms with Crippen LogP contribution in [0.2, 0.25) is 10.0 Å². The number of carbonyl (C=O) groups is 2. The molecule has 3 rings (SSSR count). The number of nitrogens with two attached hydrogens (primary N) is 1. The predicted molar refractivity (Wildman–Crippen MR) is 134 cm³/mol. The maximum Gasteiger partial charge on any atom is 0.471 e. The minimum atomic E-state index is -5.13. The Kier molecular flexibility index (Phi) is 10.5. The Bertz CT molecular complexity index is 1240. The van der Waals surface area contributed by atoms with Gasteiger partial charge >= 0.3 is 12.1 Å². The maximum absolute atomic E-state index is 12.7. The third-order valence-electron chi connectivity index (χ3n) is 5.44. The van der Waals surface area contributed by atoms with Crippen molar-refractivity contribution >= 4 is 34.9 Å². The molecule has 13 heteroatoms. The van der Waals surface area contributed by atoms with Crippen LogP contribution in [0, 0.1) is 0 Å². The van der Waals surface area contributed by atoms with Gasteiger partial charge in [-0.2, -0.15) is 18.2 Å². The molecule has 1 amide bonds. The van der Waals surface area contributed by atoms with E-state index in [9.17, 15) is 22.8 Å². The van der Waals surface area contributed by atoms with Gasteiger partial charge in [-0.25, -0.2) is 0 Å². The molecule has 1 atom stereocenters. The molecule has 2 aromatic carbocycles. The van der Waals surface area contributed by atoms with Gasteiger partial charge in [0.05, 0.1) is 29.1 Å². The molecule has 0 spiro atoms. The standard InChI is InChI=1S/C25H25Cl2F3N4O4/c26-18-9-6-16(13-19(18)27)10-12-37-17-7-4-15(5-8-17)14-21-33-23(34-38-21)22(35)20(3-1-2-11-31)32-24(36)25(28,29)30/h4-9,13,20H,1-3,10-12,14,31H2,(H,32,36). The van der Waals surface area contributed by atoms with Crippen molar-refractivity contribution in [2.45, 2.75) is 44.3 Å². The van der Waals surface area contributed by atoms with Gasteiger partial charge in [0.15, 0.2) is 0 Å². The van der Waals surface area contributed by atoms with Crippen molar-refractivity contribution in [2.24, 2.45) is 5.73 Å². The second kappa shape index (κ2) is 13.6. The van der Waals surface area contributed by atoms with Crippen molar-refractivity contribution in [1.29, 1.82) is 0 Å². The van der Waals surface area contributed by atoms with E-state index in [0.717, 1.165) is 11.1 Å². The quantitative estimate of drug-likeness (QED) is 0.219. The lowest BCUT2D eigenvalue weighted by Crippen LogP contribution is -2.47. The molecule has 1 heterocycles. The number of carbonyl (C=O) groups excluding carboxylic acids is 2. The van der Waals surface area contributed by atoms with Gasteiger partial charge in [0.25, 0.3) is 0 Å². The lowest BCUT2D eigenvalue weighted by atomic mass is 10.0. The largest absolute Gasteiger partial charge is 0.493 e. The number of halogens is 5.